The van der Waals surface area contributed by atoms with Crippen LogP contribution in [0.15, 0.2) is 22.0 Å². The zero-order valence-electron chi connectivity index (χ0n) is 6.55. The van der Waals surface area contributed by atoms with Gasteiger partial charge in [0.2, 0.25) is 0 Å². The van der Waals surface area contributed by atoms with Crippen molar-refractivity contribution in [3.05, 3.63) is 33.4 Å². The van der Waals surface area contributed by atoms with Gasteiger partial charge < -0.3 is 5.11 Å². The Morgan fingerprint density at radius 1 is 1.46 bits per heavy atom. The van der Waals surface area contributed by atoms with Crippen LogP contribution < -0.4 is 0 Å². The van der Waals surface area contributed by atoms with Crippen molar-refractivity contribution in [2.75, 3.05) is 0 Å². The van der Waals surface area contributed by atoms with Gasteiger partial charge >= 0.3 is 0 Å². The van der Waals surface area contributed by atoms with E-state index >= 15 is 0 Å². The Balaban J connectivity index is 2.84. The van der Waals surface area contributed by atoms with E-state index in [2.05, 4.69) is 15.9 Å². The van der Waals surface area contributed by atoms with Crippen molar-refractivity contribution in [1.29, 1.82) is 0 Å². The number of benzene rings is 1. The summed E-state index contributed by atoms with van der Waals surface area (Å²) in [5, 5.41) is 11.7. The normalized spacial score (nSPS) is 11.0. The number of aliphatic hydroxyl groups excluding tert-OH is 1. The molecule has 1 N–H and O–H groups in total. The number of fused-ring (bicyclic) bond motifs is 1. The second kappa shape index (κ2) is 3.36. The second-order valence-corrected chi connectivity index (χ2v) is 4.42. The monoisotopic (exact) mass is 260 g/mol. The number of hydrogen-bond acceptors (Lipinski definition) is 2. The molecule has 0 bridgehead atoms. The van der Waals surface area contributed by atoms with Crippen LogP contribution in [-0.2, 0) is 6.61 Å². The minimum Gasteiger partial charge on any atom is -0.392 e. The van der Waals surface area contributed by atoms with Gasteiger partial charge in [-0.15, -0.1) is 11.3 Å². The lowest BCUT2D eigenvalue weighted by Gasteiger charge is -1.99. The number of halogens is 2. The molecule has 0 aliphatic heterocycles. The maximum absolute atomic E-state index is 13.0. The van der Waals surface area contributed by atoms with E-state index in [0.29, 0.717) is 5.56 Å². The standard InChI is InChI=1S/C9H6BrFOS/c10-8-4-13-9-5(3-12)1-6(11)2-7(8)9/h1-2,4,12H,3H2. The molecule has 1 aromatic carbocycles. The molecule has 2 rings (SSSR count). The molecule has 2 aromatic rings. The minimum atomic E-state index is -0.310. The summed E-state index contributed by atoms with van der Waals surface area (Å²) in [6, 6.07) is 2.83. The van der Waals surface area contributed by atoms with Crippen LogP contribution >= 0.6 is 27.3 Å². The van der Waals surface area contributed by atoms with Gasteiger partial charge in [-0.25, -0.2) is 4.39 Å². The van der Waals surface area contributed by atoms with Gasteiger partial charge in [-0.2, -0.15) is 0 Å². The quantitative estimate of drug-likeness (QED) is 0.835. The first-order valence-corrected chi connectivity index (χ1v) is 5.35. The van der Waals surface area contributed by atoms with Crippen LogP contribution in [0.5, 0.6) is 0 Å². The summed E-state index contributed by atoms with van der Waals surface area (Å²) >= 11 is 4.83. The van der Waals surface area contributed by atoms with E-state index in [1.165, 1.54) is 23.5 Å². The summed E-state index contributed by atoms with van der Waals surface area (Å²) < 4.78 is 14.8. The summed E-state index contributed by atoms with van der Waals surface area (Å²) in [6.07, 6.45) is 0. The van der Waals surface area contributed by atoms with Crippen molar-refractivity contribution in [2.45, 2.75) is 6.61 Å². The van der Waals surface area contributed by atoms with E-state index in [-0.39, 0.29) is 12.4 Å². The highest BCUT2D eigenvalue weighted by molar-refractivity contribution is 9.10. The van der Waals surface area contributed by atoms with Crippen LogP contribution in [0.4, 0.5) is 4.39 Å². The third-order valence-electron chi connectivity index (χ3n) is 1.84. The van der Waals surface area contributed by atoms with Gasteiger partial charge in [-0.1, -0.05) is 0 Å². The molecule has 0 radical (unpaired) electrons. The van der Waals surface area contributed by atoms with Crippen molar-refractivity contribution in [2.24, 2.45) is 0 Å². The molecule has 0 unspecified atom stereocenters. The average Bonchev–Trinajstić information content (AvgIpc) is 2.47. The van der Waals surface area contributed by atoms with Crippen molar-refractivity contribution < 1.29 is 9.50 Å². The molecular formula is C9H6BrFOS. The maximum Gasteiger partial charge on any atom is 0.124 e. The van der Waals surface area contributed by atoms with E-state index in [1.807, 2.05) is 5.38 Å². The molecule has 1 nitrogen and oxygen atoms in total. The van der Waals surface area contributed by atoms with Crippen molar-refractivity contribution in [3.63, 3.8) is 0 Å². The molecule has 13 heavy (non-hydrogen) atoms. The topological polar surface area (TPSA) is 20.2 Å². The molecule has 0 amide bonds. The highest BCUT2D eigenvalue weighted by atomic mass is 79.9. The molecular weight excluding hydrogens is 255 g/mol. The van der Waals surface area contributed by atoms with Gasteiger partial charge in [0.15, 0.2) is 0 Å². The van der Waals surface area contributed by atoms with E-state index in [4.69, 9.17) is 5.11 Å². The fourth-order valence-electron chi connectivity index (χ4n) is 1.26. The van der Waals surface area contributed by atoms with Gasteiger partial charge in [0, 0.05) is 19.9 Å². The number of rotatable bonds is 1. The van der Waals surface area contributed by atoms with Gasteiger partial charge in [0.05, 0.1) is 6.61 Å². The number of thiophene rings is 1. The summed E-state index contributed by atoms with van der Waals surface area (Å²) in [5.41, 5.74) is 0.644. The fraction of sp³-hybridized carbons (Fsp3) is 0.111. The minimum absolute atomic E-state index is 0.124. The molecule has 1 aromatic heterocycles. The number of aliphatic hydroxyl groups is 1. The van der Waals surface area contributed by atoms with E-state index in [9.17, 15) is 4.39 Å². The second-order valence-electron chi connectivity index (χ2n) is 2.68. The molecule has 68 valence electrons. The lowest BCUT2D eigenvalue weighted by molar-refractivity contribution is 0.283. The highest BCUT2D eigenvalue weighted by Crippen LogP contribution is 2.33. The molecule has 0 aliphatic rings. The van der Waals surface area contributed by atoms with Crippen molar-refractivity contribution in [1.82, 2.24) is 0 Å². The number of hydrogen-bond donors (Lipinski definition) is 1. The summed E-state index contributed by atoms with van der Waals surface area (Å²) in [4.78, 5) is 0. The Kier molecular flexibility index (Phi) is 2.36. The first-order valence-electron chi connectivity index (χ1n) is 3.68. The highest BCUT2D eigenvalue weighted by Gasteiger charge is 2.07. The van der Waals surface area contributed by atoms with Crippen LogP contribution in [0.1, 0.15) is 5.56 Å². The Bertz CT molecular complexity index is 452. The molecule has 0 saturated heterocycles. The maximum atomic E-state index is 13.0. The Morgan fingerprint density at radius 2 is 2.23 bits per heavy atom. The summed E-state index contributed by atoms with van der Waals surface area (Å²) in [5.74, 6) is -0.310. The van der Waals surface area contributed by atoms with Crippen LogP contribution in [0, 0.1) is 5.82 Å². The third-order valence-corrected chi connectivity index (χ3v) is 3.87. The first-order chi connectivity index (χ1) is 6.22. The average molecular weight is 261 g/mol. The third kappa shape index (κ3) is 1.49. The Hall–Kier alpha value is -0.450. The largest absolute Gasteiger partial charge is 0.392 e. The van der Waals surface area contributed by atoms with Crippen LogP contribution in [0.25, 0.3) is 10.1 Å². The van der Waals surface area contributed by atoms with Crippen LogP contribution in [-0.4, -0.2) is 5.11 Å². The lowest BCUT2D eigenvalue weighted by atomic mass is 10.2. The molecule has 1 heterocycles. The van der Waals surface area contributed by atoms with Crippen LogP contribution in [0.2, 0.25) is 0 Å². The predicted octanol–water partition coefficient (Wildman–Crippen LogP) is 3.30. The van der Waals surface area contributed by atoms with Gasteiger partial charge in [0.25, 0.3) is 0 Å². The van der Waals surface area contributed by atoms with E-state index < -0.39 is 0 Å². The zero-order valence-corrected chi connectivity index (χ0v) is 8.95. The van der Waals surface area contributed by atoms with Gasteiger partial charge in [-0.05, 0) is 33.6 Å². The molecule has 4 heteroatoms. The molecule has 0 spiro atoms. The zero-order chi connectivity index (χ0) is 9.42. The molecule has 0 fully saturated rings. The van der Waals surface area contributed by atoms with Crippen molar-refractivity contribution >= 4 is 37.4 Å². The lowest BCUT2D eigenvalue weighted by Crippen LogP contribution is -1.85. The smallest absolute Gasteiger partial charge is 0.124 e. The first kappa shape index (κ1) is 9.12. The SMILES string of the molecule is OCc1cc(F)cc2c(Br)csc12. The molecule has 0 saturated carbocycles. The summed E-state index contributed by atoms with van der Waals surface area (Å²) in [7, 11) is 0. The van der Waals surface area contributed by atoms with Gasteiger partial charge in [0.1, 0.15) is 5.82 Å². The predicted molar refractivity (Wildman–Crippen MR) is 55.4 cm³/mol. The fourth-order valence-corrected chi connectivity index (χ4v) is 2.90. The van der Waals surface area contributed by atoms with Crippen molar-refractivity contribution in [3.8, 4) is 0 Å². The van der Waals surface area contributed by atoms with E-state index in [1.54, 1.807) is 0 Å². The Labute approximate surface area is 86.9 Å². The molecule has 0 aliphatic carbocycles. The van der Waals surface area contributed by atoms with E-state index in [0.717, 1.165) is 14.6 Å². The Morgan fingerprint density at radius 3 is 2.92 bits per heavy atom. The molecule has 0 atom stereocenters. The van der Waals surface area contributed by atoms with Crippen LogP contribution in [0.3, 0.4) is 0 Å². The summed E-state index contributed by atoms with van der Waals surface area (Å²) in [6.45, 7) is -0.124. The van der Waals surface area contributed by atoms with Gasteiger partial charge in [-0.3, -0.25) is 0 Å².